The predicted octanol–water partition coefficient (Wildman–Crippen LogP) is -0.363. The van der Waals surface area contributed by atoms with E-state index in [0.717, 1.165) is 12.6 Å². The zero-order valence-electron chi connectivity index (χ0n) is 15.8. The Kier molecular flexibility index (Phi) is 8.73. The molecule has 0 aliphatic rings. The molecule has 0 aliphatic carbocycles. The molecule has 3 aromatic rings. The largest absolute Gasteiger partial charge is 1.00 e. The van der Waals surface area contributed by atoms with Gasteiger partial charge in [-0.15, -0.1) is 0 Å². The summed E-state index contributed by atoms with van der Waals surface area (Å²) in [6.07, 6.45) is 2.64. The fourth-order valence-corrected chi connectivity index (χ4v) is 8.69. The first-order chi connectivity index (χ1) is 12.7. The van der Waals surface area contributed by atoms with Crippen LogP contribution in [0.15, 0.2) is 91.0 Å². The van der Waals surface area contributed by atoms with Gasteiger partial charge in [0, 0.05) is 0 Å². The van der Waals surface area contributed by atoms with Crippen LogP contribution in [-0.2, 0) is 4.79 Å². The Bertz CT molecular complexity index is 726. The minimum Gasteiger partial charge on any atom is 1.00 e. The van der Waals surface area contributed by atoms with Gasteiger partial charge < -0.3 is 0 Å². The topological polar surface area (TPSA) is 40.1 Å². The summed E-state index contributed by atoms with van der Waals surface area (Å²) in [5.74, 6) is -0.962. The van der Waals surface area contributed by atoms with Crippen molar-refractivity contribution in [1.82, 2.24) is 0 Å². The second-order valence-electron chi connectivity index (χ2n) is 6.58. The molecule has 0 spiro atoms. The van der Waals surface area contributed by atoms with E-state index in [9.17, 15) is 9.90 Å². The van der Waals surface area contributed by atoms with E-state index < -0.39 is 13.2 Å². The van der Waals surface area contributed by atoms with Crippen LogP contribution >= 0.6 is 7.26 Å². The summed E-state index contributed by atoms with van der Waals surface area (Å²) < 4.78 is 0. The van der Waals surface area contributed by atoms with Gasteiger partial charge in [0.1, 0.15) is 0 Å². The van der Waals surface area contributed by atoms with Crippen molar-refractivity contribution in [3.05, 3.63) is 91.0 Å². The van der Waals surface area contributed by atoms with Crippen molar-refractivity contribution in [2.45, 2.75) is 19.3 Å². The van der Waals surface area contributed by atoms with Crippen molar-refractivity contribution in [2.24, 2.45) is 0 Å². The average molecular weight is 386 g/mol. The molecule has 0 heterocycles. The van der Waals surface area contributed by atoms with Crippen molar-refractivity contribution in [2.75, 3.05) is 6.16 Å². The van der Waals surface area contributed by atoms with Crippen LogP contribution in [0, 0.1) is 0 Å². The fraction of sp³-hybridized carbons (Fsp3) is 0.174. The monoisotopic (exact) mass is 386 g/mol. The van der Waals surface area contributed by atoms with E-state index >= 15 is 0 Å². The van der Waals surface area contributed by atoms with E-state index in [0.29, 0.717) is 6.42 Å². The number of benzene rings is 3. The van der Waals surface area contributed by atoms with Crippen LogP contribution in [0.1, 0.15) is 19.3 Å². The number of hydrogen-bond acceptors (Lipinski definition) is 2. The van der Waals surface area contributed by atoms with Crippen LogP contribution in [-0.4, -0.2) is 12.1 Å². The third-order valence-electron chi connectivity index (χ3n) is 4.98. The number of rotatable bonds is 8. The van der Waals surface area contributed by atoms with E-state index in [4.69, 9.17) is 0 Å². The minimum atomic E-state index is -2.21. The third kappa shape index (κ3) is 5.30. The smallest absolute Gasteiger partial charge is 1.00 e. The molecular weight excluding hydrogens is 362 g/mol. The Balaban J connectivity index is 0.00000261. The molecule has 0 fully saturated rings. The molecule has 3 aromatic carbocycles. The number of carboxylic acids is 1. The quantitative estimate of drug-likeness (QED) is 0.301. The van der Waals surface area contributed by atoms with Crippen LogP contribution in [0.4, 0.5) is 0 Å². The van der Waals surface area contributed by atoms with E-state index in [2.05, 4.69) is 91.0 Å². The van der Waals surface area contributed by atoms with Crippen molar-refractivity contribution in [3.63, 3.8) is 0 Å². The van der Waals surface area contributed by atoms with Gasteiger partial charge in [0.2, 0.25) is 0 Å². The predicted molar refractivity (Wildman–Crippen MR) is 110 cm³/mol. The number of unbranched alkanes of at least 4 members (excludes halogenated alkanes) is 1. The Morgan fingerprint density at radius 2 is 1.04 bits per heavy atom. The van der Waals surface area contributed by atoms with Gasteiger partial charge in [-0.05, 0) is 0 Å². The summed E-state index contributed by atoms with van der Waals surface area (Å²) in [4.78, 5) is 10.8. The molecule has 0 atom stereocenters. The minimum absolute atomic E-state index is 0. The molecule has 2 nitrogen and oxygen atoms in total. The second-order valence-corrected chi connectivity index (χ2v) is 10.6. The molecule has 0 aliphatic heterocycles. The molecule has 0 saturated heterocycles. The van der Waals surface area contributed by atoms with Gasteiger partial charge in [0.15, 0.2) is 0 Å². The van der Waals surface area contributed by atoms with E-state index in [1.807, 2.05) is 0 Å². The normalized spacial score (nSPS) is 11.4. The first-order valence-corrected chi connectivity index (χ1v) is 11.3. The maximum absolute atomic E-state index is 10.8. The number of carboxylic acid groups (broad SMARTS) is 1. The Hall–Kier alpha value is -1.44. The van der Waals surface area contributed by atoms with Gasteiger partial charge in [-0.1, -0.05) is 0 Å². The summed E-state index contributed by atoms with van der Waals surface area (Å²) in [6.45, 7) is 0. The zero-order valence-corrected chi connectivity index (χ0v) is 18.8. The average Bonchev–Trinajstić information content (AvgIpc) is 2.70. The molecule has 0 saturated carbocycles. The molecule has 0 bridgehead atoms. The second kappa shape index (κ2) is 10.8. The number of carbonyl (C=O) groups is 1. The van der Waals surface area contributed by atoms with Gasteiger partial charge in [-0.2, -0.15) is 0 Å². The maximum atomic E-state index is 10.8. The van der Waals surface area contributed by atoms with E-state index in [1.54, 1.807) is 0 Å². The summed E-state index contributed by atoms with van der Waals surface area (Å²) in [5.41, 5.74) is 0. The maximum Gasteiger partial charge on any atom is 1.00 e. The fourth-order valence-electron chi connectivity index (χ4n) is 3.76. The molecule has 0 amide bonds. The van der Waals surface area contributed by atoms with Crippen molar-refractivity contribution < 1.29 is 39.5 Å². The van der Waals surface area contributed by atoms with E-state index in [1.165, 1.54) is 15.9 Å². The summed E-state index contributed by atoms with van der Waals surface area (Å²) >= 11 is 0. The van der Waals surface area contributed by atoms with Crippen LogP contribution in [0.2, 0.25) is 0 Å². The third-order valence-corrected chi connectivity index (χ3v) is 10.0. The molecule has 4 heteroatoms. The number of hydrogen-bond donors (Lipinski definition) is 0. The molecular formula is C23H24NaO2P. The first-order valence-electron chi connectivity index (χ1n) is 9.10. The molecule has 0 unspecified atom stereocenters. The molecule has 134 valence electrons. The van der Waals surface area contributed by atoms with Crippen LogP contribution < -0.4 is 50.6 Å². The van der Waals surface area contributed by atoms with Gasteiger partial charge in [0.05, 0.1) is 0 Å². The van der Waals surface area contributed by atoms with Gasteiger partial charge in [0.25, 0.3) is 0 Å². The zero-order chi connectivity index (χ0) is 18.2. The Morgan fingerprint density at radius 3 is 1.37 bits per heavy atom. The van der Waals surface area contributed by atoms with Gasteiger partial charge in [-0.3, -0.25) is 0 Å². The van der Waals surface area contributed by atoms with Gasteiger partial charge >= 0.3 is 185 Å². The SMILES string of the molecule is O=C([O-])CCCC[PH](c1ccccc1)(c1ccccc1)c1ccccc1.[Na+]. The standard InChI is InChI=1S/C23H25O2P.Na/c24-23(25)18-10-11-19-26(20-12-4-1-5-13-20,21-14-6-2-7-15-21)22-16-8-3-9-17-22;/h1-9,12-17,26H,10-11,18-19H2,(H,24,25);/q;+1/p-1. The number of carbonyl (C=O) groups excluding carboxylic acids is 1. The Labute approximate surface area is 184 Å². The molecule has 0 radical (unpaired) electrons. The van der Waals surface area contributed by atoms with Crippen LogP contribution in [0.25, 0.3) is 0 Å². The molecule has 27 heavy (non-hydrogen) atoms. The van der Waals surface area contributed by atoms with E-state index in [-0.39, 0.29) is 36.0 Å². The van der Waals surface area contributed by atoms with Crippen molar-refractivity contribution in [1.29, 1.82) is 0 Å². The van der Waals surface area contributed by atoms with Crippen LogP contribution in [0.3, 0.4) is 0 Å². The van der Waals surface area contributed by atoms with Crippen molar-refractivity contribution in [3.8, 4) is 0 Å². The Morgan fingerprint density at radius 1 is 0.667 bits per heavy atom. The summed E-state index contributed by atoms with van der Waals surface area (Å²) in [7, 11) is -2.21. The first kappa shape index (κ1) is 21.9. The van der Waals surface area contributed by atoms with Crippen molar-refractivity contribution >= 4 is 29.1 Å². The molecule has 0 N–H and O–H groups in total. The molecule has 0 aromatic heterocycles. The summed E-state index contributed by atoms with van der Waals surface area (Å²) in [5, 5.41) is 14.9. The summed E-state index contributed by atoms with van der Waals surface area (Å²) in [6, 6.07) is 32.1. The number of aliphatic carboxylic acids is 1. The molecule has 3 rings (SSSR count). The van der Waals surface area contributed by atoms with Gasteiger partial charge in [-0.25, -0.2) is 0 Å². The van der Waals surface area contributed by atoms with Crippen LogP contribution in [0.5, 0.6) is 0 Å².